The van der Waals surface area contributed by atoms with E-state index < -0.39 is 23.6 Å². The molecule has 0 bridgehead atoms. The Balaban J connectivity index is 2.40. The Morgan fingerprint density at radius 1 is 1.05 bits per heavy atom. The Hall–Kier alpha value is -1.40. The Morgan fingerprint density at radius 2 is 1.70 bits per heavy atom. The zero-order valence-corrected chi connectivity index (χ0v) is 11.7. The molecule has 1 atom stereocenters. The molecule has 0 aliphatic carbocycles. The van der Waals surface area contributed by atoms with Crippen LogP contribution < -0.4 is 5.73 Å². The van der Waals surface area contributed by atoms with Gasteiger partial charge in [-0.2, -0.15) is 13.2 Å². The summed E-state index contributed by atoms with van der Waals surface area (Å²) in [5.74, 6) is -1.32. The summed E-state index contributed by atoms with van der Waals surface area (Å²) in [7, 11) is 0. The van der Waals surface area contributed by atoms with Gasteiger partial charge in [0, 0.05) is 4.47 Å². The number of benzene rings is 2. The van der Waals surface area contributed by atoms with E-state index in [1.165, 1.54) is 6.07 Å². The number of halogens is 5. The lowest BCUT2D eigenvalue weighted by Crippen LogP contribution is -2.14. The minimum Gasteiger partial charge on any atom is -0.320 e. The molecule has 2 aromatic rings. The average Bonchev–Trinajstić information content (AvgIpc) is 2.37. The fourth-order valence-corrected chi connectivity index (χ4v) is 2.39. The molecule has 2 rings (SSSR count). The van der Waals surface area contributed by atoms with Gasteiger partial charge < -0.3 is 5.73 Å². The summed E-state index contributed by atoms with van der Waals surface area (Å²) in [5.41, 5.74) is 5.63. The molecule has 0 radical (unpaired) electrons. The molecule has 2 aromatic carbocycles. The summed E-state index contributed by atoms with van der Waals surface area (Å²) < 4.78 is 51.7. The van der Waals surface area contributed by atoms with Crippen molar-refractivity contribution in [3.8, 4) is 0 Å². The lowest BCUT2D eigenvalue weighted by Gasteiger charge is -2.16. The van der Waals surface area contributed by atoms with Crippen LogP contribution >= 0.6 is 15.9 Å². The van der Waals surface area contributed by atoms with Gasteiger partial charge in [-0.1, -0.05) is 40.2 Å². The first kappa shape index (κ1) is 15.0. The van der Waals surface area contributed by atoms with Gasteiger partial charge in [0.25, 0.3) is 0 Å². The first-order valence-corrected chi connectivity index (χ1v) is 6.46. The van der Waals surface area contributed by atoms with Crippen molar-refractivity contribution in [2.24, 2.45) is 5.73 Å². The van der Waals surface area contributed by atoms with Crippen molar-refractivity contribution in [1.82, 2.24) is 0 Å². The van der Waals surface area contributed by atoms with E-state index in [0.717, 1.165) is 6.07 Å². The van der Waals surface area contributed by atoms with E-state index >= 15 is 0 Å². The quantitative estimate of drug-likeness (QED) is 0.786. The summed E-state index contributed by atoms with van der Waals surface area (Å²) in [6, 6.07) is 9.04. The monoisotopic (exact) mass is 347 g/mol. The fourth-order valence-electron chi connectivity index (χ4n) is 1.86. The molecule has 0 aliphatic rings. The van der Waals surface area contributed by atoms with Crippen molar-refractivity contribution in [1.29, 1.82) is 0 Å². The topological polar surface area (TPSA) is 26.0 Å². The van der Waals surface area contributed by atoms with Crippen molar-refractivity contribution in [2.75, 3.05) is 0 Å². The molecule has 1 unspecified atom stereocenters. The zero-order valence-electron chi connectivity index (χ0n) is 10.1. The normalized spacial score (nSPS) is 13.3. The fraction of sp³-hybridized carbons (Fsp3) is 0.143. The van der Waals surface area contributed by atoms with Crippen LogP contribution in [0.5, 0.6) is 0 Å². The Kier molecular flexibility index (Phi) is 4.15. The van der Waals surface area contributed by atoms with Crippen LogP contribution in [0.2, 0.25) is 0 Å². The predicted octanol–water partition coefficient (Wildman–Crippen LogP) is 4.66. The van der Waals surface area contributed by atoms with Gasteiger partial charge in [-0.3, -0.25) is 0 Å². The number of rotatable bonds is 2. The molecule has 0 amide bonds. The van der Waals surface area contributed by atoms with Crippen molar-refractivity contribution < 1.29 is 17.6 Å². The highest BCUT2D eigenvalue weighted by Crippen LogP contribution is 2.33. The smallest absolute Gasteiger partial charge is 0.320 e. The van der Waals surface area contributed by atoms with E-state index in [9.17, 15) is 17.6 Å². The van der Waals surface area contributed by atoms with Crippen molar-refractivity contribution in [2.45, 2.75) is 12.2 Å². The zero-order chi connectivity index (χ0) is 14.9. The second kappa shape index (κ2) is 5.54. The third kappa shape index (κ3) is 3.02. The summed E-state index contributed by atoms with van der Waals surface area (Å²) in [4.78, 5) is 0. The van der Waals surface area contributed by atoms with Crippen molar-refractivity contribution in [3.63, 3.8) is 0 Å². The van der Waals surface area contributed by atoms with Crippen LogP contribution in [0.25, 0.3) is 0 Å². The van der Waals surface area contributed by atoms with Crippen LogP contribution in [-0.4, -0.2) is 0 Å². The van der Waals surface area contributed by atoms with E-state index in [1.807, 2.05) is 0 Å². The molecule has 20 heavy (non-hydrogen) atoms. The molecule has 0 saturated heterocycles. The third-order valence-electron chi connectivity index (χ3n) is 2.90. The number of hydrogen-bond acceptors (Lipinski definition) is 1. The van der Waals surface area contributed by atoms with E-state index in [0.29, 0.717) is 16.1 Å². The minimum absolute atomic E-state index is 0.280. The molecule has 6 heteroatoms. The van der Waals surface area contributed by atoms with Crippen LogP contribution in [0.4, 0.5) is 17.6 Å². The molecule has 0 spiro atoms. The van der Waals surface area contributed by atoms with Crippen LogP contribution in [-0.2, 0) is 6.18 Å². The van der Waals surface area contributed by atoms with E-state index in [-0.39, 0.29) is 5.56 Å². The predicted molar refractivity (Wildman–Crippen MR) is 71.6 cm³/mol. The summed E-state index contributed by atoms with van der Waals surface area (Å²) in [6.07, 6.45) is -4.71. The molecule has 2 N–H and O–H groups in total. The average molecular weight is 348 g/mol. The van der Waals surface area contributed by atoms with E-state index in [4.69, 9.17) is 5.73 Å². The highest BCUT2D eigenvalue weighted by molar-refractivity contribution is 9.10. The number of nitrogens with two attached hydrogens (primary N) is 1. The van der Waals surface area contributed by atoms with Crippen LogP contribution in [0, 0.1) is 5.82 Å². The van der Waals surface area contributed by atoms with Gasteiger partial charge in [0.05, 0.1) is 11.6 Å². The van der Waals surface area contributed by atoms with E-state index in [1.54, 1.807) is 24.3 Å². The lowest BCUT2D eigenvalue weighted by molar-refractivity contribution is -0.140. The standard InChI is InChI=1S/C14H10BrF4N/c15-11-4-2-1-3-9(11)13(20)8-5-6-10(12(16)7-8)14(17,18)19/h1-7,13H,20H2. The van der Waals surface area contributed by atoms with Crippen LogP contribution in [0.3, 0.4) is 0 Å². The highest BCUT2D eigenvalue weighted by atomic mass is 79.9. The Labute approximate surface area is 121 Å². The van der Waals surface area contributed by atoms with E-state index in [2.05, 4.69) is 15.9 Å². The van der Waals surface area contributed by atoms with Gasteiger partial charge in [0.2, 0.25) is 0 Å². The van der Waals surface area contributed by atoms with Gasteiger partial charge in [0.1, 0.15) is 5.82 Å². The molecular formula is C14H10BrF4N. The van der Waals surface area contributed by atoms with Gasteiger partial charge in [-0.15, -0.1) is 0 Å². The first-order valence-electron chi connectivity index (χ1n) is 5.67. The first-order chi connectivity index (χ1) is 9.30. The Bertz CT molecular complexity index is 625. The summed E-state index contributed by atoms with van der Waals surface area (Å²) in [5, 5.41) is 0. The third-order valence-corrected chi connectivity index (χ3v) is 3.62. The highest BCUT2D eigenvalue weighted by Gasteiger charge is 2.34. The van der Waals surface area contributed by atoms with Crippen LogP contribution in [0.1, 0.15) is 22.7 Å². The maximum atomic E-state index is 13.5. The van der Waals surface area contributed by atoms with Crippen LogP contribution in [0.15, 0.2) is 46.9 Å². The molecule has 0 heterocycles. The van der Waals surface area contributed by atoms with Gasteiger partial charge in [0.15, 0.2) is 0 Å². The molecular weight excluding hydrogens is 338 g/mol. The van der Waals surface area contributed by atoms with Gasteiger partial charge >= 0.3 is 6.18 Å². The molecule has 1 nitrogen and oxygen atoms in total. The molecule has 0 fully saturated rings. The number of hydrogen-bond donors (Lipinski definition) is 1. The number of alkyl halides is 3. The molecule has 0 saturated carbocycles. The second-order valence-corrected chi connectivity index (χ2v) is 5.09. The second-order valence-electron chi connectivity index (χ2n) is 4.24. The van der Waals surface area contributed by atoms with Gasteiger partial charge in [-0.05, 0) is 29.3 Å². The summed E-state index contributed by atoms with van der Waals surface area (Å²) in [6.45, 7) is 0. The minimum atomic E-state index is -4.71. The Morgan fingerprint density at radius 3 is 2.25 bits per heavy atom. The van der Waals surface area contributed by atoms with Crippen molar-refractivity contribution >= 4 is 15.9 Å². The SMILES string of the molecule is NC(c1ccc(C(F)(F)F)c(F)c1)c1ccccc1Br. The van der Waals surface area contributed by atoms with Gasteiger partial charge in [-0.25, -0.2) is 4.39 Å². The molecule has 106 valence electrons. The maximum Gasteiger partial charge on any atom is 0.419 e. The largest absolute Gasteiger partial charge is 0.419 e. The molecule has 0 aliphatic heterocycles. The molecule has 0 aromatic heterocycles. The lowest BCUT2D eigenvalue weighted by atomic mass is 9.98. The van der Waals surface area contributed by atoms with Crippen molar-refractivity contribution in [3.05, 3.63) is 69.4 Å². The summed E-state index contributed by atoms with van der Waals surface area (Å²) >= 11 is 3.31. The maximum absolute atomic E-state index is 13.5.